The molecule has 1 unspecified atom stereocenters. The average molecular weight is 336 g/mol. The van der Waals surface area contributed by atoms with Crippen LogP contribution in [-0.2, 0) is 11.2 Å². The Morgan fingerprint density at radius 3 is 2.41 bits per heavy atom. The van der Waals surface area contributed by atoms with Crippen molar-refractivity contribution in [2.45, 2.75) is 18.4 Å². The van der Waals surface area contributed by atoms with E-state index in [1.54, 1.807) is 0 Å². The Morgan fingerprint density at radius 2 is 1.77 bits per heavy atom. The Kier molecular flexibility index (Phi) is 5.37. The molecule has 1 aliphatic heterocycles. The van der Waals surface area contributed by atoms with Crippen molar-refractivity contribution in [1.29, 1.82) is 0 Å². The summed E-state index contributed by atoms with van der Waals surface area (Å²) in [5.74, 6) is 0.228. The minimum Gasteiger partial charge on any atom is -0.375 e. The number of hydrogen-bond donors (Lipinski definition) is 1. The Hall–Kier alpha value is -1.06. The molecule has 2 atom stereocenters. The van der Waals surface area contributed by atoms with Crippen LogP contribution in [0.5, 0.6) is 0 Å². The lowest BCUT2D eigenvalue weighted by Crippen LogP contribution is -2.42. The van der Waals surface area contributed by atoms with Crippen molar-refractivity contribution in [1.82, 2.24) is 5.32 Å². The summed E-state index contributed by atoms with van der Waals surface area (Å²) in [4.78, 5) is 0. The molecule has 0 spiro atoms. The van der Waals surface area contributed by atoms with Gasteiger partial charge in [0.25, 0.3) is 0 Å². The second-order valence-corrected chi connectivity index (χ2v) is 6.35. The SMILES string of the molecule is Clc1cccc(Cl)c1CC(c1ccccc1)[C@@H]1CNCCO1. The molecular formula is C18H19Cl2NO. The van der Waals surface area contributed by atoms with E-state index in [1.165, 1.54) is 5.56 Å². The highest BCUT2D eigenvalue weighted by atomic mass is 35.5. The van der Waals surface area contributed by atoms with E-state index in [0.29, 0.717) is 0 Å². The van der Waals surface area contributed by atoms with Crippen LogP contribution in [0.25, 0.3) is 0 Å². The maximum absolute atomic E-state index is 6.36. The van der Waals surface area contributed by atoms with Crippen molar-refractivity contribution >= 4 is 23.2 Å². The zero-order valence-corrected chi connectivity index (χ0v) is 13.8. The zero-order chi connectivity index (χ0) is 15.4. The molecule has 2 nitrogen and oxygen atoms in total. The molecule has 1 heterocycles. The minimum atomic E-state index is 0.128. The quantitative estimate of drug-likeness (QED) is 0.898. The van der Waals surface area contributed by atoms with Gasteiger partial charge in [-0.1, -0.05) is 59.6 Å². The van der Waals surface area contributed by atoms with Crippen LogP contribution in [0.1, 0.15) is 17.0 Å². The molecule has 1 fully saturated rings. The van der Waals surface area contributed by atoms with E-state index in [4.69, 9.17) is 27.9 Å². The third-order valence-corrected chi connectivity index (χ3v) is 4.83. The summed E-state index contributed by atoms with van der Waals surface area (Å²) in [7, 11) is 0. The van der Waals surface area contributed by atoms with E-state index in [1.807, 2.05) is 24.3 Å². The van der Waals surface area contributed by atoms with E-state index in [9.17, 15) is 0 Å². The monoisotopic (exact) mass is 335 g/mol. The van der Waals surface area contributed by atoms with Crippen LogP contribution >= 0.6 is 23.2 Å². The summed E-state index contributed by atoms with van der Waals surface area (Å²) >= 11 is 12.7. The molecule has 3 rings (SSSR count). The molecule has 0 radical (unpaired) electrons. The van der Waals surface area contributed by atoms with E-state index in [-0.39, 0.29) is 12.0 Å². The highest BCUT2D eigenvalue weighted by Crippen LogP contribution is 2.33. The standard InChI is InChI=1S/C18H19Cl2NO/c19-16-7-4-8-17(20)15(16)11-14(13-5-2-1-3-6-13)18-12-21-9-10-22-18/h1-8,14,18,21H,9-12H2/t14?,18-/m0/s1. The van der Waals surface area contributed by atoms with Crippen LogP contribution in [-0.4, -0.2) is 25.8 Å². The topological polar surface area (TPSA) is 21.3 Å². The van der Waals surface area contributed by atoms with E-state index in [2.05, 4.69) is 29.6 Å². The molecule has 0 saturated carbocycles. The second-order valence-electron chi connectivity index (χ2n) is 5.53. The normalized spacial score (nSPS) is 19.8. The summed E-state index contributed by atoms with van der Waals surface area (Å²) in [5.41, 5.74) is 2.25. The van der Waals surface area contributed by atoms with Gasteiger partial charge in [0.2, 0.25) is 0 Å². The maximum atomic E-state index is 6.36. The average Bonchev–Trinajstić information content (AvgIpc) is 2.56. The first-order chi connectivity index (χ1) is 10.8. The third kappa shape index (κ3) is 3.64. The first kappa shape index (κ1) is 15.8. The van der Waals surface area contributed by atoms with Gasteiger partial charge < -0.3 is 10.1 Å². The smallest absolute Gasteiger partial charge is 0.0771 e. The molecule has 0 aliphatic carbocycles. The van der Waals surface area contributed by atoms with Crippen molar-refractivity contribution in [3.05, 3.63) is 69.7 Å². The largest absolute Gasteiger partial charge is 0.375 e. The summed E-state index contributed by atoms with van der Waals surface area (Å²) in [6.07, 6.45) is 0.901. The zero-order valence-electron chi connectivity index (χ0n) is 12.3. The van der Waals surface area contributed by atoms with E-state index in [0.717, 1.165) is 41.7 Å². The Balaban J connectivity index is 1.91. The minimum absolute atomic E-state index is 0.128. The van der Waals surface area contributed by atoms with Gasteiger partial charge in [0.05, 0.1) is 12.7 Å². The van der Waals surface area contributed by atoms with Crippen LogP contribution in [0.2, 0.25) is 10.0 Å². The first-order valence-electron chi connectivity index (χ1n) is 7.56. The van der Waals surface area contributed by atoms with Crippen molar-refractivity contribution in [2.75, 3.05) is 19.7 Å². The van der Waals surface area contributed by atoms with Gasteiger partial charge in [-0.25, -0.2) is 0 Å². The summed E-state index contributed by atoms with van der Waals surface area (Å²) in [5, 5.41) is 4.85. The van der Waals surface area contributed by atoms with E-state index < -0.39 is 0 Å². The Morgan fingerprint density at radius 1 is 1.05 bits per heavy atom. The molecule has 0 bridgehead atoms. The molecule has 2 aromatic carbocycles. The van der Waals surface area contributed by atoms with Gasteiger partial charge in [-0.3, -0.25) is 0 Å². The molecule has 0 aromatic heterocycles. The van der Waals surface area contributed by atoms with E-state index >= 15 is 0 Å². The van der Waals surface area contributed by atoms with Crippen LogP contribution < -0.4 is 5.32 Å². The number of benzene rings is 2. The molecule has 116 valence electrons. The Bertz CT molecular complexity index is 591. The molecular weight excluding hydrogens is 317 g/mol. The Labute approximate surface area is 141 Å². The number of nitrogens with one attached hydrogen (secondary N) is 1. The predicted molar refractivity (Wildman–Crippen MR) is 92.0 cm³/mol. The fourth-order valence-electron chi connectivity index (χ4n) is 2.96. The fraction of sp³-hybridized carbons (Fsp3) is 0.333. The summed E-state index contributed by atoms with van der Waals surface area (Å²) < 4.78 is 6.00. The molecule has 1 aliphatic rings. The number of morpholine rings is 1. The molecule has 22 heavy (non-hydrogen) atoms. The molecule has 1 N–H and O–H groups in total. The molecule has 4 heteroatoms. The highest BCUT2D eigenvalue weighted by Gasteiger charge is 2.27. The number of ether oxygens (including phenoxy) is 1. The molecule has 0 amide bonds. The van der Waals surface area contributed by atoms with Gasteiger partial charge in [0, 0.05) is 29.1 Å². The van der Waals surface area contributed by atoms with Crippen molar-refractivity contribution in [3.8, 4) is 0 Å². The van der Waals surface area contributed by atoms with Gasteiger partial charge in [-0.05, 0) is 29.7 Å². The number of hydrogen-bond acceptors (Lipinski definition) is 2. The lowest BCUT2D eigenvalue weighted by molar-refractivity contribution is 0.0110. The predicted octanol–water partition coefficient (Wildman–Crippen LogP) is 4.31. The highest BCUT2D eigenvalue weighted by molar-refractivity contribution is 6.36. The summed E-state index contributed by atoms with van der Waals surface area (Å²) in [6, 6.07) is 16.1. The maximum Gasteiger partial charge on any atom is 0.0771 e. The van der Waals surface area contributed by atoms with Gasteiger partial charge in [0.15, 0.2) is 0 Å². The van der Waals surface area contributed by atoms with Crippen molar-refractivity contribution in [3.63, 3.8) is 0 Å². The summed E-state index contributed by atoms with van der Waals surface area (Å²) in [6.45, 7) is 2.50. The lowest BCUT2D eigenvalue weighted by Gasteiger charge is -2.32. The van der Waals surface area contributed by atoms with Gasteiger partial charge in [0.1, 0.15) is 0 Å². The number of rotatable bonds is 4. The lowest BCUT2D eigenvalue weighted by atomic mass is 9.86. The fourth-order valence-corrected chi connectivity index (χ4v) is 3.51. The number of halogens is 2. The van der Waals surface area contributed by atoms with Crippen LogP contribution in [0.4, 0.5) is 0 Å². The molecule has 1 saturated heterocycles. The first-order valence-corrected chi connectivity index (χ1v) is 8.31. The third-order valence-electron chi connectivity index (χ3n) is 4.12. The second kappa shape index (κ2) is 7.47. The van der Waals surface area contributed by atoms with Gasteiger partial charge in [-0.15, -0.1) is 0 Å². The van der Waals surface area contributed by atoms with Gasteiger partial charge >= 0.3 is 0 Å². The van der Waals surface area contributed by atoms with Crippen LogP contribution in [0.15, 0.2) is 48.5 Å². The van der Waals surface area contributed by atoms with Crippen LogP contribution in [0.3, 0.4) is 0 Å². The van der Waals surface area contributed by atoms with Crippen molar-refractivity contribution in [2.24, 2.45) is 0 Å². The van der Waals surface area contributed by atoms with Gasteiger partial charge in [-0.2, -0.15) is 0 Å². The molecule has 2 aromatic rings. The van der Waals surface area contributed by atoms with Crippen molar-refractivity contribution < 1.29 is 4.74 Å². The van der Waals surface area contributed by atoms with Crippen LogP contribution in [0, 0.1) is 0 Å².